The standard InChI is InChI=1S/C23H22N4O2/c1-16-25-26-22(29-16)20-9-10-21(15-20)27(2)23(28)19-7-5-17(6-8-19)3-4-18-11-13-24-14-12-18/h5-8,11-14,20-21H,9-10,15H2,1-2H3/t20-,21+/m0/s1. The molecule has 2 atom stereocenters. The lowest BCUT2D eigenvalue weighted by Gasteiger charge is -2.24. The van der Waals surface area contributed by atoms with Crippen molar-refractivity contribution in [1.29, 1.82) is 0 Å². The summed E-state index contributed by atoms with van der Waals surface area (Å²) >= 11 is 0. The van der Waals surface area contributed by atoms with Gasteiger partial charge in [-0.05, 0) is 55.7 Å². The van der Waals surface area contributed by atoms with Gasteiger partial charge in [0.25, 0.3) is 5.91 Å². The average Bonchev–Trinajstić information content (AvgIpc) is 3.41. The van der Waals surface area contributed by atoms with Crippen LogP contribution in [0.15, 0.2) is 53.2 Å². The minimum Gasteiger partial charge on any atom is -0.425 e. The molecular weight excluding hydrogens is 364 g/mol. The lowest BCUT2D eigenvalue weighted by Crippen LogP contribution is -2.35. The molecule has 0 saturated heterocycles. The van der Waals surface area contributed by atoms with Crippen molar-refractivity contribution >= 4 is 5.91 Å². The van der Waals surface area contributed by atoms with Gasteiger partial charge in [-0.25, -0.2) is 0 Å². The lowest BCUT2D eigenvalue weighted by atomic mass is 10.1. The number of hydrogen-bond donors (Lipinski definition) is 0. The molecule has 0 bridgehead atoms. The van der Waals surface area contributed by atoms with Crippen LogP contribution in [0.4, 0.5) is 0 Å². The van der Waals surface area contributed by atoms with Crippen LogP contribution in [-0.2, 0) is 0 Å². The van der Waals surface area contributed by atoms with Gasteiger partial charge in [-0.1, -0.05) is 11.8 Å². The molecule has 1 aromatic carbocycles. The summed E-state index contributed by atoms with van der Waals surface area (Å²) in [6.45, 7) is 1.80. The first kappa shape index (κ1) is 18.9. The van der Waals surface area contributed by atoms with Crippen LogP contribution >= 0.6 is 0 Å². The summed E-state index contributed by atoms with van der Waals surface area (Å²) in [6, 6.07) is 11.3. The third-order valence-corrected chi connectivity index (χ3v) is 5.33. The zero-order chi connectivity index (χ0) is 20.2. The second kappa shape index (κ2) is 8.27. The number of carbonyl (C=O) groups excluding carboxylic acids is 1. The second-order valence-corrected chi connectivity index (χ2v) is 7.30. The van der Waals surface area contributed by atoms with Gasteiger partial charge in [0.05, 0.1) is 0 Å². The van der Waals surface area contributed by atoms with Crippen LogP contribution in [0.5, 0.6) is 0 Å². The minimum atomic E-state index is 0.0194. The Bertz CT molecular complexity index is 1050. The third kappa shape index (κ3) is 4.35. The fourth-order valence-electron chi connectivity index (χ4n) is 3.66. The van der Waals surface area contributed by atoms with Gasteiger partial charge in [-0.2, -0.15) is 0 Å². The van der Waals surface area contributed by atoms with Gasteiger partial charge in [-0.15, -0.1) is 10.2 Å². The highest BCUT2D eigenvalue weighted by Crippen LogP contribution is 2.36. The molecule has 6 nitrogen and oxygen atoms in total. The molecule has 0 radical (unpaired) electrons. The lowest BCUT2D eigenvalue weighted by molar-refractivity contribution is 0.0733. The van der Waals surface area contributed by atoms with Crippen molar-refractivity contribution in [2.75, 3.05) is 7.05 Å². The first-order valence-corrected chi connectivity index (χ1v) is 9.69. The summed E-state index contributed by atoms with van der Waals surface area (Å²) in [5, 5.41) is 8.05. The Morgan fingerprint density at radius 1 is 1.03 bits per heavy atom. The van der Waals surface area contributed by atoms with Crippen LogP contribution in [-0.4, -0.2) is 39.1 Å². The highest BCUT2D eigenvalue weighted by Gasteiger charge is 2.33. The molecule has 2 heterocycles. The number of pyridine rings is 1. The summed E-state index contributed by atoms with van der Waals surface area (Å²) in [5.41, 5.74) is 2.44. The van der Waals surface area contributed by atoms with Crippen molar-refractivity contribution in [2.45, 2.75) is 38.1 Å². The zero-order valence-electron chi connectivity index (χ0n) is 16.5. The van der Waals surface area contributed by atoms with Crippen molar-refractivity contribution < 1.29 is 9.21 Å². The average molecular weight is 386 g/mol. The van der Waals surface area contributed by atoms with E-state index in [1.165, 1.54) is 0 Å². The van der Waals surface area contributed by atoms with Gasteiger partial charge in [0.2, 0.25) is 11.8 Å². The zero-order valence-corrected chi connectivity index (χ0v) is 16.5. The molecule has 0 aliphatic heterocycles. The normalized spacial score (nSPS) is 18.1. The maximum absolute atomic E-state index is 12.9. The topological polar surface area (TPSA) is 72.1 Å². The molecule has 3 aromatic rings. The molecule has 1 aliphatic rings. The largest absolute Gasteiger partial charge is 0.425 e. The Hall–Kier alpha value is -3.46. The summed E-state index contributed by atoms with van der Waals surface area (Å²) in [6.07, 6.45) is 6.17. The molecule has 0 unspecified atom stereocenters. The van der Waals surface area contributed by atoms with Gasteiger partial charge >= 0.3 is 0 Å². The summed E-state index contributed by atoms with van der Waals surface area (Å²) in [7, 11) is 1.87. The van der Waals surface area contributed by atoms with Crippen molar-refractivity contribution in [3.05, 3.63) is 77.3 Å². The first-order valence-electron chi connectivity index (χ1n) is 9.69. The van der Waals surface area contributed by atoms with E-state index in [9.17, 15) is 4.79 Å². The Kier molecular flexibility index (Phi) is 5.39. The predicted molar refractivity (Wildman–Crippen MR) is 108 cm³/mol. The van der Waals surface area contributed by atoms with Crippen LogP contribution in [0.3, 0.4) is 0 Å². The van der Waals surface area contributed by atoms with Gasteiger partial charge in [0, 0.05) is 55.0 Å². The number of rotatable bonds is 3. The molecule has 6 heteroatoms. The van der Waals surface area contributed by atoms with E-state index in [4.69, 9.17) is 4.42 Å². The van der Waals surface area contributed by atoms with E-state index in [1.807, 2.05) is 48.3 Å². The van der Waals surface area contributed by atoms with E-state index in [2.05, 4.69) is 27.0 Å². The van der Waals surface area contributed by atoms with E-state index < -0.39 is 0 Å². The summed E-state index contributed by atoms with van der Waals surface area (Å²) < 4.78 is 5.57. The number of hydrogen-bond acceptors (Lipinski definition) is 5. The van der Waals surface area contributed by atoms with Crippen LogP contribution < -0.4 is 0 Å². The van der Waals surface area contributed by atoms with Gasteiger partial charge in [0.15, 0.2) is 0 Å². The van der Waals surface area contributed by atoms with Crippen LogP contribution in [0.2, 0.25) is 0 Å². The first-order chi connectivity index (χ1) is 14.1. The number of benzene rings is 1. The summed E-state index contributed by atoms with van der Waals surface area (Å²) in [5.74, 6) is 7.72. The predicted octanol–water partition coefficient (Wildman–Crippen LogP) is 3.58. The van der Waals surface area contributed by atoms with E-state index in [0.29, 0.717) is 17.3 Å². The fraction of sp³-hybridized carbons (Fsp3) is 0.304. The Morgan fingerprint density at radius 2 is 1.72 bits per heavy atom. The van der Waals surface area contributed by atoms with E-state index in [0.717, 1.165) is 30.4 Å². The molecule has 1 aliphatic carbocycles. The molecule has 0 spiro atoms. The van der Waals surface area contributed by atoms with Crippen molar-refractivity contribution in [3.63, 3.8) is 0 Å². The molecule has 1 saturated carbocycles. The minimum absolute atomic E-state index is 0.0194. The molecule has 1 amide bonds. The summed E-state index contributed by atoms with van der Waals surface area (Å²) in [4.78, 5) is 18.7. The molecule has 1 fully saturated rings. The maximum Gasteiger partial charge on any atom is 0.253 e. The molecular formula is C23H22N4O2. The number of nitrogens with zero attached hydrogens (tertiary/aromatic N) is 4. The second-order valence-electron chi connectivity index (χ2n) is 7.30. The highest BCUT2D eigenvalue weighted by atomic mass is 16.4. The van der Waals surface area contributed by atoms with Gasteiger partial charge in [-0.3, -0.25) is 9.78 Å². The number of carbonyl (C=O) groups is 1. The monoisotopic (exact) mass is 386 g/mol. The maximum atomic E-state index is 12.9. The number of amides is 1. The SMILES string of the molecule is Cc1nnc([C@H]2CC[C@@H](N(C)C(=O)c3ccc(C#Cc4ccncc4)cc3)C2)o1. The molecule has 2 aromatic heterocycles. The van der Waals surface area contributed by atoms with E-state index >= 15 is 0 Å². The third-order valence-electron chi connectivity index (χ3n) is 5.33. The molecule has 4 rings (SSSR count). The van der Waals surface area contributed by atoms with Crippen LogP contribution in [0.1, 0.15) is 58.4 Å². The van der Waals surface area contributed by atoms with Gasteiger partial charge < -0.3 is 9.32 Å². The number of aryl methyl sites for hydroxylation is 1. The quantitative estimate of drug-likeness (QED) is 0.644. The molecule has 0 N–H and O–H groups in total. The fourth-order valence-corrected chi connectivity index (χ4v) is 3.66. The Labute approximate surface area is 170 Å². The Balaban J connectivity index is 1.40. The van der Waals surface area contributed by atoms with E-state index in [-0.39, 0.29) is 17.9 Å². The van der Waals surface area contributed by atoms with Crippen LogP contribution in [0.25, 0.3) is 0 Å². The number of aromatic nitrogens is 3. The highest BCUT2D eigenvalue weighted by molar-refractivity contribution is 5.94. The van der Waals surface area contributed by atoms with Gasteiger partial charge in [0.1, 0.15) is 0 Å². The van der Waals surface area contributed by atoms with Crippen molar-refractivity contribution in [1.82, 2.24) is 20.1 Å². The van der Waals surface area contributed by atoms with Crippen molar-refractivity contribution in [2.24, 2.45) is 0 Å². The van der Waals surface area contributed by atoms with E-state index in [1.54, 1.807) is 19.3 Å². The molecule has 29 heavy (non-hydrogen) atoms. The van der Waals surface area contributed by atoms with Crippen LogP contribution in [0, 0.1) is 18.8 Å². The smallest absolute Gasteiger partial charge is 0.253 e. The Morgan fingerprint density at radius 3 is 2.38 bits per heavy atom. The molecule has 146 valence electrons. The van der Waals surface area contributed by atoms with Crippen molar-refractivity contribution in [3.8, 4) is 11.8 Å².